The second kappa shape index (κ2) is 10.8. The van der Waals surface area contributed by atoms with Gasteiger partial charge in [0.2, 0.25) is 17.7 Å². The maximum Gasteiger partial charge on any atom is 0.314 e. The van der Waals surface area contributed by atoms with E-state index in [4.69, 9.17) is 4.74 Å². The summed E-state index contributed by atoms with van der Waals surface area (Å²) in [5, 5.41) is 8.33. The van der Waals surface area contributed by atoms with Crippen LogP contribution < -0.4 is 16.0 Å². The number of nitrogens with one attached hydrogen (secondary N) is 3. The lowest BCUT2D eigenvalue weighted by atomic mass is 9.75. The Morgan fingerprint density at radius 2 is 1.79 bits per heavy atom. The molecule has 0 spiro atoms. The van der Waals surface area contributed by atoms with Gasteiger partial charge in [-0.2, -0.15) is 0 Å². The Hall–Kier alpha value is -2.16. The van der Waals surface area contributed by atoms with E-state index >= 15 is 0 Å². The Balaban J connectivity index is 1.16. The van der Waals surface area contributed by atoms with Crippen molar-refractivity contribution in [3.63, 3.8) is 0 Å². The number of piperidine rings is 1. The molecule has 2 saturated carbocycles. The van der Waals surface area contributed by atoms with Crippen LogP contribution in [0.5, 0.6) is 0 Å². The van der Waals surface area contributed by atoms with Crippen molar-refractivity contribution < 1.29 is 23.9 Å². The first-order chi connectivity index (χ1) is 15.9. The summed E-state index contributed by atoms with van der Waals surface area (Å²) >= 11 is 0. The summed E-state index contributed by atoms with van der Waals surface area (Å²) in [6.07, 6.45) is 9.29. The first-order valence-corrected chi connectivity index (χ1v) is 12.6. The van der Waals surface area contributed by atoms with Gasteiger partial charge < -0.3 is 20.3 Å². The summed E-state index contributed by atoms with van der Waals surface area (Å²) in [5.41, 5.74) is 0. The van der Waals surface area contributed by atoms with Crippen LogP contribution in [0, 0.1) is 23.7 Å². The molecule has 3 N–H and O–H groups in total. The zero-order valence-corrected chi connectivity index (χ0v) is 19.6. The second-order valence-electron chi connectivity index (χ2n) is 10.3. The van der Waals surface area contributed by atoms with E-state index in [1.54, 1.807) is 12.0 Å². The number of imide groups is 1. The molecule has 4 fully saturated rings. The van der Waals surface area contributed by atoms with E-state index in [9.17, 15) is 19.2 Å². The van der Waals surface area contributed by atoms with Crippen molar-refractivity contribution in [2.75, 3.05) is 26.7 Å². The normalized spacial score (nSPS) is 34.6. The molecule has 9 nitrogen and oxygen atoms in total. The molecule has 0 aromatic heterocycles. The zero-order chi connectivity index (χ0) is 23.4. The summed E-state index contributed by atoms with van der Waals surface area (Å²) in [6.45, 7) is 1.85. The van der Waals surface area contributed by atoms with Crippen LogP contribution in [-0.2, 0) is 19.1 Å². The van der Waals surface area contributed by atoms with Crippen LogP contribution in [0.15, 0.2) is 0 Å². The lowest BCUT2D eigenvalue weighted by Crippen LogP contribution is -2.53. The summed E-state index contributed by atoms with van der Waals surface area (Å²) in [6, 6.07) is -0.654. The van der Waals surface area contributed by atoms with Crippen molar-refractivity contribution in [3.05, 3.63) is 0 Å². The highest BCUT2D eigenvalue weighted by atomic mass is 16.5. The lowest BCUT2D eigenvalue weighted by molar-refractivity contribution is -0.144. The first-order valence-electron chi connectivity index (χ1n) is 12.6. The Kier molecular flexibility index (Phi) is 7.88. The number of urea groups is 1. The molecule has 2 saturated heterocycles. The standard InChI is InChI=1S/C24H38N4O5/c1-33-18-6-3-15(4-7-18)10-11-25-24(32)26-13-16-2-5-17-14-28(23(31)19(17)12-16)20-8-9-21(29)27-22(20)30/h15-20H,2-14H2,1H3,(H2,25,26,32)(H,27,29,30). The molecule has 33 heavy (non-hydrogen) atoms. The van der Waals surface area contributed by atoms with E-state index in [1.807, 2.05) is 0 Å². The fourth-order valence-corrected chi connectivity index (χ4v) is 6.19. The van der Waals surface area contributed by atoms with Crippen LogP contribution in [0.25, 0.3) is 0 Å². The van der Waals surface area contributed by atoms with Crippen molar-refractivity contribution in [3.8, 4) is 0 Å². The third-order valence-corrected chi connectivity index (χ3v) is 8.24. The van der Waals surface area contributed by atoms with Gasteiger partial charge in [-0.25, -0.2) is 4.79 Å². The van der Waals surface area contributed by atoms with Gasteiger partial charge in [0.05, 0.1) is 6.10 Å². The number of carbonyl (C=O) groups excluding carboxylic acids is 4. The van der Waals surface area contributed by atoms with Gasteiger partial charge in [0, 0.05) is 39.1 Å². The zero-order valence-electron chi connectivity index (χ0n) is 19.6. The maximum absolute atomic E-state index is 13.0. The van der Waals surface area contributed by atoms with Gasteiger partial charge in [0.1, 0.15) is 6.04 Å². The van der Waals surface area contributed by atoms with Gasteiger partial charge >= 0.3 is 6.03 Å². The summed E-state index contributed by atoms with van der Waals surface area (Å²) in [7, 11) is 1.78. The number of carbonyl (C=O) groups is 4. The molecule has 5 amide bonds. The van der Waals surface area contributed by atoms with Gasteiger partial charge in [-0.15, -0.1) is 0 Å². The largest absolute Gasteiger partial charge is 0.381 e. The molecule has 4 atom stereocenters. The molecular weight excluding hydrogens is 424 g/mol. The molecule has 2 aliphatic carbocycles. The van der Waals surface area contributed by atoms with Crippen LogP contribution in [-0.4, -0.2) is 67.5 Å². The third-order valence-electron chi connectivity index (χ3n) is 8.24. The predicted octanol–water partition coefficient (Wildman–Crippen LogP) is 1.56. The summed E-state index contributed by atoms with van der Waals surface area (Å²) < 4.78 is 5.42. The van der Waals surface area contributed by atoms with Crippen LogP contribution in [0.3, 0.4) is 0 Å². The van der Waals surface area contributed by atoms with E-state index < -0.39 is 6.04 Å². The van der Waals surface area contributed by atoms with Crippen molar-refractivity contribution in [1.82, 2.24) is 20.9 Å². The van der Waals surface area contributed by atoms with Crippen LogP contribution in [0.2, 0.25) is 0 Å². The Morgan fingerprint density at radius 3 is 2.52 bits per heavy atom. The molecular formula is C24H38N4O5. The van der Waals surface area contributed by atoms with Gasteiger partial charge in [0.15, 0.2) is 0 Å². The maximum atomic E-state index is 13.0. The number of nitrogens with zero attached hydrogens (tertiary/aromatic N) is 1. The molecule has 184 valence electrons. The molecule has 4 rings (SSSR count). The Morgan fingerprint density at radius 1 is 1.03 bits per heavy atom. The van der Waals surface area contributed by atoms with Crippen molar-refractivity contribution in [2.24, 2.45) is 23.7 Å². The molecule has 2 heterocycles. The number of fused-ring (bicyclic) bond motifs is 1. The summed E-state index contributed by atoms with van der Waals surface area (Å²) in [4.78, 5) is 50.6. The van der Waals surface area contributed by atoms with Gasteiger partial charge in [-0.1, -0.05) is 0 Å². The fourth-order valence-electron chi connectivity index (χ4n) is 6.19. The van der Waals surface area contributed by atoms with E-state index in [0.29, 0.717) is 38.1 Å². The van der Waals surface area contributed by atoms with Crippen LogP contribution >= 0.6 is 0 Å². The first kappa shape index (κ1) is 24.0. The van der Waals surface area contributed by atoms with E-state index in [1.165, 1.54) is 0 Å². The molecule has 0 aromatic carbocycles. The average molecular weight is 463 g/mol. The smallest absolute Gasteiger partial charge is 0.314 e. The number of methoxy groups -OCH3 is 1. The number of amides is 5. The average Bonchev–Trinajstić information content (AvgIpc) is 3.14. The molecule has 4 unspecified atom stereocenters. The monoisotopic (exact) mass is 462 g/mol. The highest BCUT2D eigenvalue weighted by Crippen LogP contribution is 2.41. The highest BCUT2D eigenvalue weighted by molar-refractivity contribution is 6.02. The molecule has 2 aliphatic heterocycles. The minimum atomic E-state index is -0.521. The minimum Gasteiger partial charge on any atom is -0.381 e. The van der Waals surface area contributed by atoms with Crippen LogP contribution in [0.1, 0.15) is 64.2 Å². The highest BCUT2D eigenvalue weighted by Gasteiger charge is 2.48. The van der Waals surface area contributed by atoms with E-state index in [-0.39, 0.29) is 47.9 Å². The number of rotatable bonds is 7. The van der Waals surface area contributed by atoms with Crippen molar-refractivity contribution >= 4 is 23.8 Å². The van der Waals surface area contributed by atoms with Crippen LogP contribution in [0.4, 0.5) is 4.79 Å². The molecule has 9 heteroatoms. The predicted molar refractivity (Wildman–Crippen MR) is 121 cm³/mol. The SMILES string of the molecule is COC1CCC(CCNC(=O)NCC2CCC3CN(C4CCC(=O)NC4=O)C(=O)C3C2)CC1. The van der Waals surface area contributed by atoms with E-state index in [2.05, 4.69) is 16.0 Å². The Bertz CT molecular complexity index is 751. The fraction of sp³-hybridized carbons (Fsp3) is 0.833. The van der Waals surface area contributed by atoms with Gasteiger partial charge in [0.25, 0.3) is 0 Å². The number of ether oxygens (including phenoxy) is 1. The lowest BCUT2D eigenvalue weighted by Gasteiger charge is -2.30. The minimum absolute atomic E-state index is 0.0341. The molecule has 0 bridgehead atoms. The third kappa shape index (κ3) is 5.86. The molecule has 4 aliphatic rings. The number of likely N-dealkylation sites (tertiary alicyclic amines) is 1. The van der Waals surface area contributed by atoms with Crippen molar-refractivity contribution in [1.29, 1.82) is 0 Å². The number of hydrogen-bond acceptors (Lipinski definition) is 5. The molecule has 0 aromatic rings. The quantitative estimate of drug-likeness (QED) is 0.497. The van der Waals surface area contributed by atoms with Gasteiger partial charge in [-0.3, -0.25) is 19.7 Å². The number of hydrogen-bond donors (Lipinski definition) is 3. The van der Waals surface area contributed by atoms with E-state index in [0.717, 1.165) is 51.4 Å². The summed E-state index contributed by atoms with van der Waals surface area (Å²) in [5.74, 6) is 0.539. The topological polar surface area (TPSA) is 117 Å². The van der Waals surface area contributed by atoms with Gasteiger partial charge in [-0.05, 0) is 75.5 Å². The molecule has 0 radical (unpaired) electrons. The Labute approximate surface area is 195 Å². The second-order valence-corrected chi connectivity index (χ2v) is 10.3. The van der Waals surface area contributed by atoms with Crippen molar-refractivity contribution in [2.45, 2.75) is 76.4 Å².